The van der Waals surface area contributed by atoms with E-state index in [1.165, 1.54) is 12.1 Å². The Hall–Kier alpha value is -2.00. The maximum Gasteiger partial charge on any atom is 0.123 e. The second kappa shape index (κ2) is 4.94. The molecule has 1 heterocycles. The molecule has 2 aromatic carbocycles. The molecule has 1 aromatic heterocycles. The average Bonchev–Trinajstić information content (AvgIpc) is 2.76. The minimum atomic E-state index is -0.241. The van der Waals surface area contributed by atoms with Gasteiger partial charge in [-0.2, -0.15) is 0 Å². The zero-order valence-electron chi connectivity index (χ0n) is 10.1. The Bertz CT molecular complexity index is 704. The number of hydrogen-bond donors (Lipinski definition) is 2. The smallest absolute Gasteiger partial charge is 0.123 e. The molecular formula is C15H12ClFN2. The van der Waals surface area contributed by atoms with Gasteiger partial charge >= 0.3 is 0 Å². The van der Waals surface area contributed by atoms with Crippen molar-refractivity contribution in [3.63, 3.8) is 0 Å². The summed E-state index contributed by atoms with van der Waals surface area (Å²) in [5.74, 6) is -0.241. The standard InChI is InChI=1S/C15H12ClFN2/c16-15-12-3-1-2-4-13(12)19-14(15)9-18-11-7-5-10(17)6-8-11/h1-8,18-19H,9H2. The summed E-state index contributed by atoms with van der Waals surface area (Å²) in [6.45, 7) is 0.569. The van der Waals surface area contributed by atoms with Crippen LogP contribution in [0.4, 0.5) is 10.1 Å². The Labute approximate surface area is 115 Å². The summed E-state index contributed by atoms with van der Waals surface area (Å²) >= 11 is 6.32. The highest BCUT2D eigenvalue weighted by Gasteiger charge is 2.08. The van der Waals surface area contributed by atoms with Crippen molar-refractivity contribution in [1.29, 1.82) is 0 Å². The lowest BCUT2D eigenvalue weighted by molar-refractivity contribution is 0.628. The second-order valence-electron chi connectivity index (χ2n) is 4.32. The van der Waals surface area contributed by atoms with Crippen LogP contribution in [0.1, 0.15) is 5.69 Å². The Kier molecular flexibility index (Phi) is 3.13. The predicted octanol–water partition coefficient (Wildman–Crippen LogP) is 4.57. The van der Waals surface area contributed by atoms with Crippen LogP contribution in [0.3, 0.4) is 0 Å². The highest BCUT2D eigenvalue weighted by Crippen LogP contribution is 2.27. The third-order valence-corrected chi connectivity index (χ3v) is 3.46. The van der Waals surface area contributed by atoms with E-state index in [2.05, 4.69) is 10.3 Å². The summed E-state index contributed by atoms with van der Waals surface area (Å²) in [6, 6.07) is 14.1. The average molecular weight is 275 g/mol. The minimum absolute atomic E-state index is 0.241. The van der Waals surface area contributed by atoms with Gasteiger partial charge in [0.1, 0.15) is 5.82 Å². The van der Waals surface area contributed by atoms with Crippen LogP contribution < -0.4 is 5.32 Å². The molecule has 0 radical (unpaired) electrons. The number of nitrogens with one attached hydrogen (secondary N) is 2. The number of fused-ring (bicyclic) bond motifs is 1. The number of H-pyrrole nitrogens is 1. The van der Waals surface area contributed by atoms with Crippen LogP contribution in [0, 0.1) is 5.82 Å². The van der Waals surface area contributed by atoms with E-state index in [9.17, 15) is 4.39 Å². The summed E-state index contributed by atoms with van der Waals surface area (Å²) in [7, 11) is 0. The molecular weight excluding hydrogens is 263 g/mol. The Balaban J connectivity index is 1.82. The quantitative estimate of drug-likeness (QED) is 0.719. The number of anilines is 1. The van der Waals surface area contributed by atoms with Crippen molar-refractivity contribution in [2.24, 2.45) is 0 Å². The van der Waals surface area contributed by atoms with Crippen LogP contribution in [-0.2, 0) is 6.54 Å². The number of aromatic nitrogens is 1. The van der Waals surface area contributed by atoms with Gasteiger partial charge in [-0.3, -0.25) is 0 Å². The Morgan fingerprint density at radius 3 is 2.53 bits per heavy atom. The molecule has 0 saturated carbocycles. The molecule has 4 heteroatoms. The van der Waals surface area contributed by atoms with Gasteiger partial charge in [-0.15, -0.1) is 0 Å². The van der Waals surface area contributed by atoms with Crippen molar-refractivity contribution in [2.75, 3.05) is 5.32 Å². The van der Waals surface area contributed by atoms with Crippen molar-refractivity contribution in [2.45, 2.75) is 6.54 Å². The lowest BCUT2D eigenvalue weighted by atomic mass is 10.2. The molecule has 2 nitrogen and oxygen atoms in total. The van der Waals surface area contributed by atoms with E-state index in [1.54, 1.807) is 12.1 Å². The van der Waals surface area contributed by atoms with E-state index in [0.29, 0.717) is 6.54 Å². The first-order valence-electron chi connectivity index (χ1n) is 5.98. The summed E-state index contributed by atoms with van der Waals surface area (Å²) in [4.78, 5) is 3.28. The van der Waals surface area contributed by atoms with Crippen molar-refractivity contribution in [3.8, 4) is 0 Å². The lowest BCUT2D eigenvalue weighted by Crippen LogP contribution is -2.00. The molecule has 19 heavy (non-hydrogen) atoms. The van der Waals surface area contributed by atoms with Crippen molar-refractivity contribution < 1.29 is 4.39 Å². The van der Waals surface area contributed by atoms with Gasteiger partial charge in [0.15, 0.2) is 0 Å². The fourth-order valence-corrected chi connectivity index (χ4v) is 2.32. The number of benzene rings is 2. The van der Waals surface area contributed by atoms with E-state index >= 15 is 0 Å². The normalized spacial score (nSPS) is 10.8. The maximum atomic E-state index is 12.8. The van der Waals surface area contributed by atoms with Crippen molar-refractivity contribution in [3.05, 3.63) is 65.1 Å². The third kappa shape index (κ3) is 2.42. The second-order valence-corrected chi connectivity index (χ2v) is 4.70. The molecule has 0 aliphatic carbocycles. The molecule has 0 saturated heterocycles. The highest BCUT2D eigenvalue weighted by atomic mass is 35.5. The maximum absolute atomic E-state index is 12.8. The van der Waals surface area contributed by atoms with Crippen LogP contribution in [0.2, 0.25) is 5.02 Å². The first kappa shape index (κ1) is 12.1. The fraction of sp³-hybridized carbons (Fsp3) is 0.0667. The lowest BCUT2D eigenvalue weighted by Gasteiger charge is -2.05. The van der Waals surface area contributed by atoms with Gasteiger partial charge in [-0.25, -0.2) is 4.39 Å². The van der Waals surface area contributed by atoms with E-state index in [1.807, 2.05) is 24.3 Å². The number of para-hydroxylation sites is 1. The van der Waals surface area contributed by atoms with Crippen molar-refractivity contribution >= 4 is 28.2 Å². The van der Waals surface area contributed by atoms with Crippen LogP contribution in [-0.4, -0.2) is 4.98 Å². The van der Waals surface area contributed by atoms with E-state index < -0.39 is 0 Å². The van der Waals surface area contributed by atoms with Gasteiger partial charge in [-0.05, 0) is 30.3 Å². The number of rotatable bonds is 3. The molecule has 3 aromatic rings. The predicted molar refractivity (Wildman–Crippen MR) is 77.0 cm³/mol. The molecule has 0 amide bonds. The first-order chi connectivity index (χ1) is 9.24. The molecule has 0 bridgehead atoms. The molecule has 0 aliphatic heterocycles. The molecule has 2 N–H and O–H groups in total. The summed E-state index contributed by atoms with van der Waals surface area (Å²) < 4.78 is 12.8. The minimum Gasteiger partial charge on any atom is -0.379 e. The largest absolute Gasteiger partial charge is 0.379 e. The van der Waals surface area contributed by atoms with E-state index in [-0.39, 0.29) is 5.82 Å². The van der Waals surface area contributed by atoms with Gasteiger partial charge in [0.2, 0.25) is 0 Å². The van der Waals surface area contributed by atoms with Crippen LogP contribution in [0.15, 0.2) is 48.5 Å². The van der Waals surface area contributed by atoms with Crippen molar-refractivity contribution in [1.82, 2.24) is 4.98 Å². The molecule has 0 unspecified atom stereocenters. The van der Waals surface area contributed by atoms with Gasteiger partial charge in [0.05, 0.1) is 17.3 Å². The molecule has 0 aliphatic rings. The summed E-state index contributed by atoms with van der Waals surface area (Å²) in [5.41, 5.74) is 2.80. The molecule has 96 valence electrons. The fourth-order valence-electron chi connectivity index (χ4n) is 2.04. The zero-order chi connectivity index (χ0) is 13.2. The van der Waals surface area contributed by atoms with Crippen LogP contribution >= 0.6 is 11.6 Å². The Morgan fingerprint density at radius 2 is 1.79 bits per heavy atom. The van der Waals surface area contributed by atoms with Gasteiger partial charge in [-0.1, -0.05) is 29.8 Å². The van der Waals surface area contributed by atoms with Gasteiger partial charge in [0.25, 0.3) is 0 Å². The number of halogens is 2. The SMILES string of the molecule is Fc1ccc(NCc2[nH]c3ccccc3c2Cl)cc1. The van der Waals surface area contributed by atoms with E-state index in [4.69, 9.17) is 11.6 Å². The topological polar surface area (TPSA) is 27.8 Å². The van der Waals surface area contributed by atoms with Gasteiger partial charge in [0, 0.05) is 16.6 Å². The third-order valence-electron chi connectivity index (χ3n) is 3.03. The van der Waals surface area contributed by atoms with E-state index in [0.717, 1.165) is 27.3 Å². The summed E-state index contributed by atoms with van der Waals surface area (Å²) in [5, 5.41) is 4.95. The molecule has 0 fully saturated rings. The highest BCUT2D eigenvalue weighted by molar-refractivity contribution is 6.36. The first-order valence-corrected chi connectivity index (χ1v) is 6.36. The molecule has 0 spiro atoms. The molecule has 3 rings (SSSR count). The number of hydrogen-bond acceptors (Lipinski definition) is 1. The monoisotopic (exact) mass is 274 g/mol. The van der Waals surface area contributed by atoms with Crippen LogP contribution in [0.5, 0.6) is 0 Å². The zero-order valence-corrected chi connectivity index (χ0v) is 10.8. The van der Waals surface area contributed by atoms with Crippen LogP contribution in [0.25, 0.3) is 10.9 Å². The summed E-state index contributed by atoms with van der Waals surface area (Å²) in [6.07, 6.45) is 0. The van der Waals surface area contributed by atoms with Gasteiger partial charge < -0.3 is 10.3 Å². The Morgan fingerprint density at radius 1 is 1.05 bits per heavy atom. The molecule has 0 atom stereocenters. The number of aromatic amines is 1.